The Morgan fingerprint density at radius 1 is 1.38 bits per heavy atom. The number of aliphatic hydroxyl groups excluding tert-OH is 1. The molecule has 0 amide bonds. The molecule has 2 atom stereocenters. The SMILES string of the molecule is C=C[C@@](C)(C1CCCCC1)[C@H](C)O. The summed E-state index contributed by atoms with van der Waals surface area (Å²) >= 11 is 0. The van der Waals surface area contributed by atoms with Crippen LogP contribution in [0.15, 0.2) is 12.7 Å². The van der Waals surface area contributed by atoms with Crippen LogP contribution in [0.3, 0.4) is 0 Å². The van der Waals surface area contributed by atoms with Crippen molar-refractivity contribution in [2.24, 2.45) is 11.3 Å². The zero-order chi connectivity index (χ0) is 9.90. The van der Waals surface area contributed by atoms with E-state index in [4.69, 9.17) is 0 Å². The predicted octanol–water partition coefficient (Wildman–Crippen LogP) is 3.14. The number of rotatable bonds is 3. The Balaban J connectivity index is 2.68. The number of hydrogen-bond donors (Lipinski definition) is 1. The van der Waals surface area contributed by atoms with E-state index in [0.29, 0.717) is 5.92 Å². The van der Waals surface area contributed by atoms with E-state index < -0.39 is 0 Å². The molecule has 0 aromatic rings. The molecule has 0 bridgehead atoms. The van der Waals surface area contributed by atoms with Gasteiger partial charge in [0.15, 0.2) is 0 Å². The molecule has 1 fully saturated rings. The van der Waals surface area contributed by atoms with Crippen molar-refractivity contribution >= 4 is 0 Å². The van der Waals surface area contributed by atoms with Crippen LogP contribution in [-0.4, -0.2) is 11.2 Å². The molecule has 76 valence electrons. The van der Waals surface area contributed by atoms with Gasteiger partial charge < -0.3 is 5.11 Å². The number of aliphatic hydroxyl groups is 1. The second-order valence-electron chi connectivity index (χ2n) is 4.58. The standard InChI is InChI=1S/C12H22O/c1-4-12(3,10(2)13)11-8-6-5-7-9-11/h4,10-11,13H,1,5-9H2,2-3H3/t10-,12+/m0/s1. The first-order valence-corrected chi connectivity index (χ1v) is 5.43. The second-order valence-corrected chi connectivity index (χ2v) is 4.58. The Hall–Kier alpha value is -0.300. The summed E-state index contributed by atoms with van der Waals surface area (Å²) in [6.07, 6.45) is 8.20. The molecule has 1 aliphatic carbocycles. The van der Waals surface area contributed by atoms with Gasteiger partial charge in [0.05, 0.1) is 6.10 Å². The minimum absolute atomic E-state index is 0.0690. The molecule has 1 heteroatoms. The summed E-state index contributed by atoms with van der Waals surface area (Å²) in [6, 6.07) is 0. The molecule has 0 radical (unpaired) electrons. The minimum atomic E-state index is -0.270. The van der Waals surface area contributed by atoms with E-state index in [2.05, 4.69) is 13.5 Å². The van der Waals surface area contributed by atoms with Gasteiger partial charge >= 0.3 is 0 Å². The third-order valence-electron chi connectivity index (χ3n) is 3.82. The molecule has 1 rings (SSSR count). The van der Waals surface area contributed by atoms with E-state index >= 15 is 0 Å². The van der Waals surface area contributed by atoms with Crippen LogP contribution in [0.25, 0.3) is 0 Å². The Morgan fingerprint density at radius 3 is 2.31 bits per heavy atom. The molecular formula is C12H22O. The fourth-order valence-electron chi connectivity index (χ4n) is 2.40. The van der Waals surface area contributed by atoms with Crippen molar-refractivity contribution < 1.29 is 5.11 Å². The highest BCUT2D eigenvalue weighted by molar-refractivity contribution is 5.00. The molecule has 1 saturated carbocycles. The third kappa shape index (κ3) is 2.14. The summed E-state index contributed by atoms with van der Waals surface area (Å²) in [6.45, 7) is 7.89. The first-order valence-electron chi connectivity index (χ1n) is 5.43. The summed E-state index contributed by atoms with van der Waals surface area (Å²) in [7, 11) is 0. The van der Waals surface area contributed by atoms with Crippen LogP contribution in [-0.2, 0) is 0 Å². The molecule has 1 N–H and O–H groups in total. The van der Waals surface area contributed by atoms with Crippen molar-refractivity contribution in [2.75, 3.05) is 0 Å². The molecule has 0 aliphatic heterocycles. The van der Waals surface area contributed by atoms with E-state index in [1.165, 1.54) is 32.1 Å². The Morgan fingerprint density at radius 2 is 1.92 bits per heavy atom. The highest BCUT2D eigenvalue weighted by Crippen LogP contribution is 2.41. The molecular weight excluding hydrogens is 160 g/mol. The second kappa shape index (κ2) is 4.28. The van der Waals surface area contributed by atoms with Crippen LogP contribution in [0.1, 0.15) is 46.0 Å². The smallest absolute Gasteiger partial charge is 0.0602 e. The van der Waals surface area contributed by atoms with Crippen LogP contribution >= 0.6 is 0 Å². The fourth-order valence-corrected chi connectivity index (χ4v) is 2.40. The van der Waals surface area contributed by atoms with Gasteiger partial charge in [0.2, 0.25) is 0 Å². The monoisotopic (exact) mass is 182 g/mol. The summed E-state index contributed by atoms with van der Waals surface area (Å²) in [5, 5.41) is 9.75. The van der Waals surface area contributed by atoms with Gasteiger partial charge in [-0.1, -0.05) is 32.3 Å². The fraction of sp³-hybridized carbons (Fsp3) is 0.833. The first-order chi connectivity index (χ1) is 6.11. The Kier molecular flexibility index (Phi) is 3.55. The maximum absolute atomic E-state index is 9.75. The molecule has 1 aliphatic rings. The molecule has 0 saturated heterocycles. The summed E-state index contributed by atoms with van der Waals surface area (Å²) < 4.78 is 0. The lowest BCUT2D eigenvalue weighted by atomic mass is 9.67. The molecule has 1 nitrogen and oxygen atoms in total. The van der Waals surface area contributed by atoms with Crippen LogP contribution in [0.4, 0.5) is 0 Å². The molecule has 0 spiro atoms. The molecule has 0 heterocycles. The van der Waals surface area contributed by atoms with E-state index in [1.807, 2.05) is 13.0 Å². The third-order valence-corrected chi connectivity index (χ3v) is 3.82. The van der Waals surface area contributed by atoms with Crippen LogP contribution < -0.4 is 0 Å². The van der Waals surface area contributed by atoms with Crippen LogP contribution in [0.2, 0.25) is 0 Å². The lowest BCUT2D eigenvalue weighted by Crippen LogP contribution is -2.36. The zero-order valence-electron chi connectivity index (χ0n) is 8.92. The van der Waals surface area contributed by atoms with Crippen molar-refractivity contribution in [3.8, 4) is 0 Å². The maximum Gasteiger partial charge on any atom is 0.0602 e. The van der Waals surface area contributed by atoms with E-state index in [9.17, 15) is 5.11 Å². The summed E-state index contributed by atoms with van der Waals surface area (Å²) in [5.74, 6) is 0.638. The molecule has 0 aromatic heterocycles. The van der Waals surface area contributed by atoms with Crippen LogP contribution in [0, 0.1) is 11.3 Å². The number of hydrogen-bond acceptors (Lipinski definition) is 1. The molecule has 0 aromatic carbocycles. The van der Waals surface area contributed by atoms with E-state index in [1.54, 1.807) is 0 Å². The van der Waals surface area contributed by atoms with Gasteiger partial charge in [-0.2, -0.15) is 0 Å². The average Bonchev–Trinajstić information content (AvgIpc) is 2.17. The van der Waals surface area contributed by atoms with Gasteiger partial charge in [0.25, 0.3) is 0 Å². The van der Waals surface area contributed by atoms with Crippen molar-refractivity contribution in [1.29, 1.82) is 0 Å². The van der Waals surface area contributed by atoms with E-state index in [-0.39, 0.29) is 11.5 Å². The van der Waals surface area contributed by atoms with Crippen molar-refractivity contribution in [3.05, 3.63) is 12.7 Å². The summed E-state index contributed by atoms with van der Waals surface area (Å²) in [5.41, 5.74) is -0.0690. The Labute approximate surface area is 81.9 Å². The van der Waals surface area contributed by atoms with Gasteiger partial charge in [0, 0.05) is 5.41 Å². The first kappa shape index (κ1) is 10.8. The van der Waals surface area contributed by atoms with Gasteiger partial charge in [-0.3, -0.25) is 0 Å². The topological polar surface area (TPSA) is 20.2 Å². The largest absolute Gasteiger partial charge is 0.393 e. The van der Waals surface area contributed by atoms with Crippen molar-refractivity contribution in [2.45, 2.75) is 52.1 Å². The van der Waals surface area contributed by atoms with Gasteiger partial charge in [-0.05, 0) is 25.7 Å². The van der Waals surface area contributed by atoms with Gasteiger partial charge in [-0.15, -0.1) is 6.58 Å². The van der Waals surface area contributed by atoms with Gasteiger partial charge in [-0.25, -0.2) is 0 Å². The van der Waals surface area contributed by atoms with Gasteiger partial charge in [0.1, 0.15) is 0 Å². The van der Waals surface area contributed by atoms with E-state index in [0.717, 1.165) is 0 Å². The summed E-state index contributed by atoms with van der Waals surface area (Å²) in [4.78, 5) is 0. The molecule has 13 heavy (non-hydrogen) atoms. The normalized spacial score (nSPS) is 26.4. The minimum Gasteiger partial charge on any atom is -0.393 e. The lowest BCUT2D eigenvalue weighted by Gasteiger charge is -2.39. The lowest BCUT2D eigenvalue weighted by molar-refractivity contribution is 0.0281. The van der Waals surface area contributed by atoms with Crippen LogP contribution in [0.5, 0.6) is 0 Å². The maximum atomic E-state index is 9.75. The zero-order valence-corrected chi connectivity index (χ0v) is 8.92. The van der Waals surface area contributed by atoms with Crippen molar-refractivity contribution in [3.63, 3.8) is 0 Å². The van der Waals surface area contributed by atoms with Crippen molar-refractivity contribution in [1.82, 2.24) is 0 Å². The molecule has 0 unspecified atom stereocenters. The highest BCUT2D eigenvalue weighted by Gasteiger charge is 2.36. The average molecular weight is 182 g/mol. The predicted molar refractivity (Wildman–Crippen MR) is 56.6 cm³/mol. The Bertz CT molecular complexity index is 168. The highest BCUT2D eigenvalue weighted by atomic mass is 16.3. The quantitative estimate of drug-likeness (QED) is 0.665.